The van der Waals surface area contributed by atoms with Gasteiger partial charge in [0.2, 0.25) is 0 Å². The fourth-order valence-electron chi connectivity index (χ4n) is 3.72. The van der Waals surface area contributed by atoms with Crippen molar-refractivity contribution in [2.75, 3.05) is 6.54 Å². The van der Waals surface area contributed by atoms with E-state index >= 15 is 0 Å². The van der Waals surface area contributed by atoms with Crippen LogP contribution in [0.5, 0.6) is 0 Å². The summed E-state index contributed by atoms with van der Waals surface area (Å²) in [5, 5.41) is 13.0. The van der Waals surface area contributed by atoms with Crippen LogP contribution in [0.25, 0.3) is 10.9 Å². The molecule has 1 atom stereocenters. The lowest BCUT2D eigenvalue weighted by Gasteiger charge is -2.34. The number of nitrogens with one attached hydrogen (secondary N) is 1. The highest BCUT2D eigenvalue weighted by Crippen LogP contribution is 2.34. The maximum absolute atomic E-state index is 13.3. The van der Waals surface area contributed by atoms with E-state index in [0.29, 0.717) is 29.0 Å². The van der Waals surface area contributed by atoms with E-state index in [-0.39, 0.29) is 5.69 Å². The molecule has 0 spiro atoms. The predicted octanol–water partition coefficient (Wildman–Crippen LogP) is 2.73. The summed E-state index contributed by atoms with van der Waals surface area (Å²) in [6, 6.07) is 10.00. The number of carbonyl (C=O) groups is 1. The van der Waals surface area contributed by atoms with Crippen LogP contribution in [0.1, 0.15) is 40.2 Å². The number of nitrogens with zero attached hydrogens (tertiary/aromatic N) is 6. The molecule has 0 saturated heterocycles. The number of alkyl halides is 2. The molecule has 4 aromatic rings. The summed E-state index contributed by atoms with van der Waals surface area (Å²) in [7, 11) is 0. The van der Waals surface area contributed by atoms with Crippen LogP contribution in [0.4, 0.5) is 8.78 Å². The largest absolute Gasteiger partial charge is 0.348 e. The van der Waals surface area contributed by atoms with Crippen LogP contribution >= 0.6 is 0 Å². The summed E-state index contributed by atoms with van der Waals surface area (Å²) < 4.78 is 26.9. The monoisotopic (exact) mass is 395 g/mol. The summed E-state index contributed by atoms with van der Waals surface area (Å²) in [5.41, 5.74) is 2.59. The highest BCUT2D eigenvalue weighted by Gasteiger charge is 2.37. The van der Waals surface area contributed by atoms with Crippen LogP contribution in [0, 0.1) is 0 Å². The van der Waals surface area contributed by atoms with Gasteiger partial charge in [0.05, 0.1) is 23.2 Å². The zero-order chi connectivity index (χ0) is 20.0. The quantitative estimate of drug-likeness (QED) is 0.576. The van der Waals surface area contributed by atoms with Crippen LogP contribution in [0.15, 0.2) is 48.9 Å². The van der Waals surface area contributed by atoms with E-state index in [9.17, 15) is 13.6 Å². The summed E-state index contributed by atoms with van der Waals surface area (Å²) in [4.78, 5) is 22.2. The first-order valence-corrected chi connectivity index (χ1v) is 9.00. The molecule has 10 heteroatoms. The molecular weight excluding hydrogens is 380 g/mol. The Morgan fingerprint density at radius 3 is 2.93 bits per heavy atom. The zero-order valence-corrected chi connectivity index (χ0v) is 15.0. The van der Waals surface area contributed by atoms with E-state index in [1.165, 1.54) is 17.2 Å². The van der Waals surface area contributed by atoms with Gasteiger partial charge in [0.1, 0.15) is 11.7 Å². The summed E-state index contributed by atoms with van der Waals surface area (Å²) in [6.07, 6.45) is 3.28. The number of rotatable bonds is 3. The molecule has 1 aromatic carbocycles. The fraction of sp³-hybridized carbons (Fsp3) is 0.211. The Kier molecular flexibility index (Phi) is 4.04. The third-order valence-corrected chi connectivity index (χ3v) is 5.05. The zero-order valence-electron chi connectivity index (χ0n) is 15.0. The molecule has 0 bridgehead atoms. The molecule has 8 nitrogen and oxygen atoms in total. The Hall–Kier alpha value is -3.69. The van der Waals surface area contributed by atoms with Crippen molar-refractivity contribution < 1.29 is 13.6 Å². The molecule has 29 heavy (non-hydrogen) atoms. The second-order valence-corrected chi connectivity index (χ2v) is 6.68. The van der Waals surface area contributed by atoms with E-state index in [4.69, 9.17) is 0 Å². The highest BCUT2D eigenvalue weighted by molar-refractivity contribution is 5.93. The average Bonchev–Trinajstić information content (AvgIpc) is 3.41. The minimum atomic E-state index is -2.91. The van der Waals surface area contributed by atoms with Crippen LogP contribution in [-0.2, 0) is 6.42 Å². The lowest BCUT2D eigenvalue weighted by atomic mass is 9.98. The number of amides is 1. The van der Waals surface area contributed by atoms with Crippen LogP contribution < -0.4 is 0 Å². The smallest absolute Gasteiger partial charge is 0.333 e. The second-order valence-electron chi connectivity index (χ2n) is 6.68. The van der Waals surface area contributed by atoms with Gasteiger partial charge in [0, 0.05) is 30.2 Å². The molecular formula is C19H15F2N7O. The number of aromatic amines is 1. The molecule has 1 aliphatic rings. The molecule has 146 valence electrons. The van der Waals surface area contributed by atoms with Crippen molar-refractivity contribution >= 4 is 16.8 Å². The molecule has 1 aliphatic heterocycles. The fourth-order valence-corrected chi connectivity index (χ4v) is 3.72. The van der Waals surface area contributed by atoms with Gasteiger partial charge in [-0.25, -0.2) is 4.98 Å². The molecule has 1 amide bonds. The van der Waals surface area contributed by atoms with Gasteiger partial charge < -0.3 is 9.88 Å². The first-order valence-electron chi connectivity index (χ1n) is 9.00. The van der Waals surface area contributed by atoms with E-state index in [0.717, 1.165) is 16.6 Å². The number of benzene rings is 1. The van der Waals surface area contributed by atoms with Gasteiger partial charge in [-0.1, -0.05) is 18.2 Å². The molecule has 1 N–H and O–H groups in total. The van der Waals surface area contributed by atoms with E-state index < -0.39 is 18.5 Å². The van der Waals surface area contributed by atoms with Gasteiger partial charge in [-0.3, -0.25) is 4.79 Å². The van der Waals surface area contributed by atoms with Crippen LogP contribution in [0.3, 0.4) is 0 Å². The van der Waals surface area contributed by atoms with Gasteiger partial charge in [-0.05, 0) is 18.2 Å². The first kappa shape index (κ1) is 17.4. The highest BCUT2D eigenvalue weighted by atomic mass is 19.3. The van der Waals surface area contributed by atoms with Crippen molar-refractivity contribution in [1.29, 1.82) is 0 Å². The maximum atomic E-state index is 13.3. The molecule has 3 aromatic heterocycles. The minimum Gasteiger partial charge on any atom is -0.348 e. The average molecular weight is 395 g/mol. The third kappa shape index (κ3) is 2.84. The second kappa shape index (κ2) is 6.73. The molecule has 0 aliphatic carbocycles. The van der Waals surface area contributed by atoms with Crippen molar-refractivity contribution in [1.82, 2.24) is 34.8 Å². The van der Waals surface area contributed by atoms with E-state index in [1.807, 2.05) is 30.3 Å². The molecule has 0 radical (unpaired) electrons. The summed E-state index contributed by atoms with van der Waals surface area (Å²) in [6.45, 7) is -2.59. The first-order chi connectivity index (χ1) is 14.1. The van der Waals surface area contributed by atoms with Crippen molar-refractivity contribution in [2.45, 2.75) is 19.0 Å². The van der Waals surface area contributed by atoms with Crippen LogP contribution in [-0.4, -0.2) is 47.3 Å². The number of carbonyl (C=O) groups excluding carboxylic acids is 1. The number of imidazole rings is 1. The van der Waals surface area contributed by atoms with Crippen molar-refractivity contribution in [3.8, 4) is 0 Å². The molecule has 4 heterocycles. The summed E-state index contributed by atoms with van der Waals surface area (Å²) in [5.74, 6) is -0.559. The number of H-pyrrole nitrogens is 1. The van der Waals surface area contributed by atoms with Gasteiger partial charge in [0.15, 0.2) is 0 Å². The van der Waals surface area contributed by atoms with Crippen molar-refractivity contribution in [3.05, 3.63) is 71.7 Å². The Labute approximate surface area is 163 Å². The van der Waals surface area contributed by atoms with Gasteiger partial charge >= 0.3 is 6.55 Å². The van der Waals surface area contributed by atoms with Gasteiger partial charge in [-0.2, -0.15) is 28.8 Å². The predicted molar refractivity (Wildman–Crippen MR) is 98.2 cm³/mol. The Morgan fingerprint density at radius 2 is 2.07 bits per heavy atom. The van der Waals surface area contributed by atoms with Gasteiger partial charge in [-0.15, -0.1) is 0 Å². The van der Waals surface area contributed by atoms with E-state index in [1.54, 1.807) is 6.33 Å². The number of fused-ring (bicyclic) bond motifs is 2. The SMILES string of the molecule is O=C(c1ccnn1C(F)F)N1CCc2[nH]cnc2[C@@H]1c1cc2ccccc2nn1. The minimum absolute atomic E-state index is 0.183. The Balaban J connectivity index is 1.62. The van der Waals surface area contributed by atoms with Crippen LogP contribution in [0.2, 0.25) is 0 Å². The number of hydrogen-bond donors (Lipinski definition) is 1. The molecule has 0 unspecified atom stereocenters. The van der Waals surface area contributed by atoms with Crippen molar-refractivity contribution in [3.63, 3.8) is 0 Å². The number of aromatic nitrogens is 6. The third-order valence-electron chi connectivity index (χ3n) is 5.05. The molecule has 0 saturated carbocycles. The Bertz CT molecular complexity index is 1200. The standard InChI is InChI=1S/C19H15F2N7O/c20-19(21)28-15(5-7-24-28)18(29)27-8-6-13-16(23-10-22-13)17(27)14-9-11-3-1-2-4-12(11)25-26-14/h1-5,7,9-10,17,19H,6,8H2,(H,22,23)/t17-/m0/s1. The molecule has 5 rings (SSSR count). The van der Waals surface area contributed by atoms with Gasteiger partial charge in [0.25, 0.3) is 5.91 Å². The number of hydrogen-bond acceptors (Lipinski definition) is 5. The van der Waals surface area contributed by atoms with Crippen molar-refractivity contribution in [2.24, 2.45) is 0 Å². The summed E-state index contributed by atoms with van der Waals surface area (Å²) >= 11 is 0. The lowest BCUT2D eigenvalue weighted by molar-refractivity contribution is 0.0441. The lowest BCUT2D eigenvalue weighted by Crippen LogP contribution is -2.42. The normalized spacial score (nSPS) is 16.4. The molecule has 0 fully saturated rings. The maximum Gasteiger partial charge on any atom is 0.333 e. The van der Waals surface area contributed by atoms with E-state index in [2.05, 4.69) is 25.3 Å². The number of halogens is 2. The topological polar surface area (TPSA) is 92.6 Å². The Morgan fingerprint density at radius 1 is 1.21 bits per heavy atom.